The van der Waals surface area contributed by atoms with Crippen molar-refractivity contribution in [3.8, 4) is 0 Å². The number of hydrogen-bond acceptors (Lipinski definition) is 5. The highest BCUT2D eigenvalue weighted by atomic mass is 35.5. The minimum Gasteiger partial charge on any atom is -0.379 e. The van der Waals surface area contributed by atoms with Crippen molar-refractivity contribution < 1.29 is 4.74 Å². The number of anilines is 1. The molecule has 16 heavy (non-hydrogen) atoms. The average molecular weight is 263 g/mol. The van der Waals surface area contributed by atoms with Crippen LogP contribution in [0.15, 0.2) is 0 Å². The van der Waals surface area contributed by atoms with Gasteiger partial charge in [0.25, 0.3) is 0 Å². The lowest BCUT2D eigenvalue weighted by molar-refractivity contribution is 0.133. The Morgan fingerprint density at radius 1 is 1.19 bits per heavy atom. The Hall–Kier alpha value is -0.650. The van der Waals surface area contributed by atoms with Gasteiger partial charge in [-0.25, -0.2) is 0 Å². The summed E-state index contributed by atoms with van der Waals surface area (Å²) in [5.74, 6) is 1.15. The van der Waals surface area contributed by atoms with E-state index < -0.39 is 0 Å². The summed E-state index contributed by atoms with van der Waals surface area (Å²) < 4.78 is 5.44. The third-order valence-electron chi connectivity index (χ3n) is 2.16. The normalized spacial score (nSPS) is 15.1. The van der Waals surface area contributed by atoms with Crippen LogP contribution < -0.4 is 5.32 Å². The largest absolute Gasteiger partial charge is 0.379 e. The summed E-state index contributed by atoms with van der Waals surface area (Å²) in [6, 6.07) is 0. The maximum atomic E-state index is 5.62. The van der Waals surface area contributed by atoms with E-state index in [1.807, 2.05) is 0 Å². The molecular weight excluding hydrogens is 251 g/mol. The Morgan fingerprint density at radius 3 is 2.50 bits per heavy atom. The molecule has 0 atom stereocenters. The van der Waals surface area contributed by atoms with Crippen molar-refractivity contribution >= 4 is 29.2 Å². The number of rotatable bonds is 6. The van der Waals surface area contributed by atoms with Crippen molar-refractivity contribution in [2.75, 3.05) is 25.1 Å². The highest BCUT2D eigenvalue weighted by Crippen LogP contribution is 2.28. The Morgan fingerprint density at radius 2 is 1.88 bits per heavy atom. The first-order chi connectivity index (χ1) is 7.74. The molecule has 1 N–H and O–H groups in total. The van der Waals surface area contributed by atoms with Crippen molar-refractivity contribution in [3.63, 3.8) is 0 Å². The van der Waals surface area contributed by atoms with Gasteiger partial charge in [-0.05, 0) is 42.0 Å². The fourth-order valence-electron chi connectivity index (χ4n) is 1.17. The minimum atomic E-state index is 0.0846. The Balaban J connectivity index is 1.67. The molecule has 0 aliphatic heterocycles. The van der Waals surface area contributed by atoms with Gasteiger partial charge in [-0.15, -0.1) is 0 Å². The molecule has 1 fully saturated rings. The smallest absolute Gasteiger partial charge is 0.228 e. The molecule has 1 aliphatic rings. The molecule has 1 saturated carbocycles. The molecule has 0 bridgehead atoms. The van der Waals surface area contributed by atoms with Gasteiger partial charge in [0, 0.05) is 13.2 Å². The summed E-state index contributed by atoms with van der Waals surface area (Å²) in [5.41, 5.74) is 0. The molecule has 2 rings (SSSR count). The van der Waals surface area contributed by atoms with Crippen LogP contribution in [0.1, 0.15) is 12.8 Å². The quantitative estimate of drug-likeness (QED) is 0.795. The minimum absolute atomic E-state index is 0.0846. The maximum absolute atomic E-state index is 5.62. The Labute approximate surface area is 104 Å². The number of ether oxygens (including phenoxy) is 1. The molecule has 0 aromatic carbocycles. The third-order valence-corrected chi connectivity index (χ3v) is 2.50. The first-order valence-electron chi connectivity index (χ1n) is 5.13. The van der Waals surface area contributed by atoms with E-state index in [-0.39, 0.29) is 10.6 Å². The van der Waals surface area contributed by atoms with Gasteiger partial charge in [-0.3, -0.25) is 0 Å². The molecule has 88 valence electrons. The molecule has 1 aromatic heterocycles. The monoisotopic (exact) mass is 262 g/mol. The topological polar surface area (TPSA) is 59.9 Å². The van der Waals surface area contributed by atoms with Crippen molar-refractivity contribution in [1.82, 2.24) is 15.0 Å². The summed E-state index contributed by atoms with van der Waals surface area (Å²) in [7, 11) is 0. The number of hydrogen-bond donors (Lipinski definition) is 1. The van der Waals surface area contributed by atoms with Gasteiger partial charge < -0.3 is 10.1 Å². The van der Waals surface area contributed by atoms with Crippen LogP contribution in [0.5, 0.6) is 0 Å². The third kappa shape index (κ3) is 4.08. The molecule has 0 spiro atoms. The van der Waals surface area contributed by atoms with Crippen LogP contribution in [0, 0.1) is 5.92 Å². The van der Waals surface area contributed by atoms with Gasteiger partial charge in [0.15, 0.2) is 0 Å². The first-order valence-corrected chi connectivity index (χ1v) is 5.88. The van der Waals surface area contributed by atoms with Gasteiger partial charge in [-0.1, -0.05) is 0 Å². The lowest BCUT2D eigenvalue weighted by atomic mass is 10.5. The van der Waals surface area contributed by atoms with Crippen LogP contribution in [0.3, 0.4) is 0 Å². The zero-order valence-electron chi connectivity index (χ0n) is 8.62. The van der Waals surface area contributed by atoms with E-state index in [9.17, 15) is 0 Å². The van der Waals surface area contributed by atoms with E-state index in [1.54, 1.807) is 0 Å². The van der Waals surface area contributed by atoms with Crippen molar-refractivity contribution in [1.29, 1.82) is 0 Å². The lowest BCUT2D eigenvalue weighted by Gasteiger charge is -2.05. The molecule has 0 radical (unpaired) electrons. The van der Waals surface area contributed by atoms with E-state index in [4.69, 9.17) is 27.9 Å². The van der Waals surface area contributed by atoms with E-state index in [0.29, 0.717) is 19.1 Å². The zero-order chi connectivity index (χ0) is 11.4. The maximum Gasteiger partial charge on any atom is 0.228 e. The Kier molecular flexibility index (Phi) is 4.15. The SMILES string of the molecule is Clc1nc(Cl)nc(NCCOCC2CC2)n1. The second-order valence-electron chi connectivity index (χ2n) is 3.64. The number of aromatic nitrogens is 3. The number of halogens is 2. The molecule has 1 aromatic rings. The second-order valence-corrected chi connectivity index (χ2v) is 4.32. The number of nitrogens with one attached hydrogen (secondary N) is 1. The van der Waals surface area contributed by atoms with Crippen LogP contribution in [0.25, 0.3) is 0 Å². The first kappa shape index (κ1) is 11.8. The van der Waals surface area contributed by atoms with E-state index in [2.05, 4.69) is 20.3 Å². The van der Waals surface area contributed by atoms with Gasteiger partial charge in [-0.2, -0.15) is 15.0 Å². The lowest BCUT2D eigenvalue weighted by Crippen LogP contribution is -2.13. The highest BCUT2D eigenvalue weighted by molar-refractivity contribution is 6.31. The van der Waals surface area contributed by atoms with Crippen LogP contribution in [0.4, 0.5) is 5.95 Å². The predicted molar refractivity (Wildman–Crippen MR) is 61.9 cm³/mol. The summed E-state index contributed by atoms with van der Waals surface area (Å²) in [6.07, 6.45) is 2.60. The van der Waals surface area contributed by atoms with Gasteiger partial charge in [0.1, 0.15) is 0 Å². The summed E-state index contributed by atoms with van der Waals surface area (Å²) in [6.45, 7) is 2.10. The standard InChI is InChI=1S/C9H12Cl2N4O/c10-7-13-8(11)15-9(14-7)12-3-4-16-5-6-1-2-6/h6H,1-5H2,(H,12,13,14,15). The van der Waals surface area contributed by atoms with Gasteiger partial charge >= 0.3 is 0 Å². The molecular formula is C9H12Cl2N4O. The molecule has 0 amide bonds. The van der Waals surface area contributed by atoms with Crippen molar-refractivity contribution in [3.05, 3.63) is 10.6 Å². The molecule has 7 heteroatoms. The summed E-state index contributed by atoms with van der Waals surface area (Å²) >= 11 is 11.2. The van der Waals surface area contributed by atoms with Gasteiger partial charge in [0.05, 0.1) is 6.61 Å². The molecule has 0 saturated heterocycles. The molecule has 0 unspecified atom stereocenters. The molecule has 1 aliphatic carbocycles. The van der Waals surface area contributed by atoms with Crippen LogP contribution >= 0.6 is 23.2 Å². The predicted octanol–water partition coefficient (Wildman–Crippen LogP) is 2.02. The molecule has 5 nitrogen and oxygen atoms in total. The van der Waals surface area contributed by atoms with Crippen LogP contribution in [-0.4, -0.2) is 34.7 Å². The van der Waals surface area contributed by atoms with E-state index >= 15 is 0 Å². The highest BCUT2D eigenvalue weighted by Gasteiger charge is 2.20. The second kappa shape index (κ2) is 5.61. The Bertz CT molecular complexity index is 339. The fraction of sp³-hybridized carbons (Fsp3) is 0.667. The molecule has 1 heterocycles. The zero-order valence-corrected chi connectivity index (χ0v) is 10.1. The summed E-state index contributed by atoms with van der Waals surface area (Å²) in [4.78, 5) is 11.4. The van der Waals surface area contributed by atoms with Crippen molar-refractivity contribution in [2.45, 2.75) is 12.8 Å². The van der Waals surface area contributed by atoms with Crippen LogP contribution in [0.2, 0.25) is 10.6 Å². The fourth-order valence-corrected chi connectivity index (χ4v) is 1.54. The summed E-state index contributed by atoms with van der Waals surface area (Å²) in [5, 5.41) is 3.13. The average Bonchev–Trinajstić information content (AvgIpc) is 2.99. The van der Waals surface area contributed by atoms with Crippen LogP contribution in [-0.2, 0) is 4.74 Å². The van der Waals surface area contributed by atoms with Gasteiger partial charge in [0.2, 0.25) is 16.5 Å². The van der Waals surface area contributed by atoms with E-state index in [1.165, 1.54) is 12.8 Å². The van der Waals surface area contributed by atoms with Crippen molar-refractivity contribution in [2.24, 2.45) is 5.92 Å². The number of nitrogens with zero attached hydrogens (tertiary/aromatic N) is 3. The van der Waals surface area contributed by atoms with E-state index in [0.717, 1.165) is 12.5 Å².